The Labute approximate surface area is 108 Å². The minimum absolute atomic E-state index is 0.0960. The Morgan fingerprint density at radius 3 is 2.83 bits per heavy atom. The average molecular weight is 250 g/mol. The SMILES string of the molecule is CC(N)C1CCCCN1Cc1ccc(O)cc1O. The Hall–Kier alpha value is -1.26. The molecule has 1 aromatic rings. The first kappa shape index (κ1) is 13.2. The number of aromatic hydroxyl groups is 2. The largest absolute Gasteiger partial charge is 0.508 e. The topological polar surface area (TPSA) is 69.7 Å². The van der Waals surface area contributed by atoms with E-state index in [1.165, 1.54) is 18.9 Å². The van der Waals surface area contributed by atoms with E-state index in [1.807, 2.05) is 6.92 Å². The lowest BCUT2D eigenvalue weighted by Gasteiger charge is -2.38. The van der Waals surface area contributed by atoms with E-state index in [0.717, 1.165) is 18.5 Å². The normalized spacial score (nSPS) is 22.9. The summed E-state index contributed by atoms with van der Waals surface area (Å²) in [6.07, 6.45) is 3.53. The van der Waals surface area contributed by atoms with E-state index in [-0.39, 0.29) is 17.5 Å². The molecule has 0 spiro atoms. The standard InChI is InChI=1S/C14H22N2O2/c1-10(15)13-4-2-3-7-16(13)9-11-5-6-12(17)8-14(11)18/h5-6,8,10,13,17-18H,2-4,7,9,15H2,1H3. The highest BCUT2D eigenvalue weighted by molar-refractivity contribution is 5.38. The molecule has 0 amide bonds. The molecule has 1 aromatic carbocycles. The van der Waals surface area contributed by atoms with Gasteiger partial charge in [0.2, 0.25) is 0 Å². The summed E-state index contributed by atoms with van der Waals surface area (Å²) in [6, 6.07) is 5.30. The molecule has 1 fully saturated rings. The van der Waals surface area contributed by atoms with Gasteiger partial charge in [-0.15, -0.1) is 0 Å². The van der Waals surface area contributed by atoms with Crippen LogP contribution in [-0.2, 0) is 6.54 Å². The first-order valence-corrected chi connectivity index (χ1v) is 6.58. The molecule has 1 heterocycles. The number of phenolic OH excluding ortho intramolecular Hbond substituents is 2. The van der Waals surface area contributed by atoms with Crippen LogP contribution in [0.3, 0.4) is 0 Å². The highest BCUT2D eigenvalue weighted by Gasteiger charge is 2.25. The number of nitrogens with zero attached hydrogens (tertiary/aromatic N) is 1. The molecule has 18 heavy (non-hydrogen) atoms. The Kier molecular flexibility index (Phi) is 4.09. The molecular weight excluding hydrogens is 228 g/mol. The predicted molar refractivity (Wildman–Crippen MR) is 71.5 cm³/mol. The lowest BCUT2D eigenvalue weighted by Crippen LogP contribution is -2.48. The number of hydrogen-bond donors (Lipinski definition) is 3. The van der Waals surface area contributed by atoms with Crippen LogP contribution in [-0.4, -0.2) is 33.7 Å². The Morgan fingerprint density at radius 1 is 1.39 bits per heavy atom. The molecule has 0 radical (unpaired) electrons. The van der Waals surface area contributed by atoms with E-state index in [0.29, 0.717) is 12.6 Å². The summed E-state index contributed by atoms with van der Waals surface area (Å²) in [4.78, 5) is 2.33. The number of rotatable bonds is 3. The maximum Gasteiger partial charge on any atom is 0.123 e. The molecule has 1 saturated heterocycles. The fourth-order valence-electron chi connectivity index (χ4n) is 2.71. The molecule has 4 heteroatoms. The number of benzene rings is 1. The molecule has 1 aliphatic heterocycles. The van der Waals surface area contributed by atoms with E-state index < -0.39 is 0 Å². The number of piperidine rings is 1. The van der Waals surface area contributed by atoms with Gasteiger partial charge in [0.15, 0.2) is 0 Å². The molecule has 4 N–H and O–H groups in total. The molecule has 0 bridgehead atoms. The summed E-state index contributed by atoms with van der Waals surface area (Å²) >= 11 is 0. The van der Waals surface area contributed by atoms with Gasteiger partial charge in [-0.3, -0.25) is 4.90 Å². The lowest BCUT2D eigenvalue weighted by atomic mass is 9.96. The molecule has 0 aromatic heterocycles. The van der Waals surface area contributed by atoms with Gasteiger partial charge in [-0.25, -0.2) is 0 Å². The van der Waals surface area contributed by atoms with Crippen molar-refractivity contribution in [3.63, 3.8) is 0 Å². The summed E-state index contributed by atoms with van der Waals surface area (Å²) in [6.45, 7) is 3.75. The summed E-state index contributed by atoms with van der Waals surface area (Å²) < 4.78 is 0. The second-order valence-electron chi connectivity index (χ2n) is 5.21. The van der Waals surface area contributed by atoms with Crippen molar-refractivity contribution in [2.24, 2.45) is 5.73 Å². The van der Waals surface area contributed by atoms with Crippen LogP contribution in [0.2, 0.25) is 0 Å². The molecule has 4 nitrogen and oxygen atoms in total. The van der Waals surface area contributed by atoms with Gasteiger partial charge in [-0.2, -0.15) is 0 Å². The number of hydrogen-bond acceptors (Lipinski definition) is 4. The highest BCUT2D eigenvalue weighted by atomic mass is 16.3. The third kappa shape index (κ3) is 2.94. The van der Waals surface area contributed by atoms with E-state index in [4.69, 9.17) is 5.73 Å². The van der Waals surface area contributed by atoms with Gasteiger partial charge in [-0.05, 0) is 32.4 Å². The molecule has 2 unspecified atom stereocenters. The Balaban J connectivity index is 2.11. The maximum absolute atomic E-state index is 9.83. The number of phenols is 2. The van der Waals surface area contributed by atoms with E-state index in [1.54, 1.807) is 12.1 Å². The zero-order valence-electron chi connectivity index (χ0n) is 10.8. The Bertz CT molecular complexity index is 407. The van der Waals surface area contributed by atoms with Gasteiger partial charge < -0.3 is 15.9 Å². The van der Waals surface area contributed by atoms with Gasteiger partial charge in [0.05, 0.1) is 0 Å². The van der Waals surface area contributed by atoms with Crippen LogP contribution >= 0.6 is 0 Å². The zero-order valence-corrected chi connectivity index (χ0v) is 10.8. The van der Waals surface area contributed by atoms with Crippen molar-refractivity contribution in [2.45, 2.75) is 44.8 Å². The summed E-state index contributed by atoms with van der Waals surface area (Å²) in [5.41, 5.74) is 6.88. The van der Waals surface area contributed by atoms with Crippen molar-refractivity contribution >= 4 is 0 Å². The molecule has 100 valence electrons. The van der Waals surface area contributed by atoms with Gasteiger partial charge in [0.25, 0.3) is 0 Å². The fraction of sp³-hybridized carbons (Fsp3) is 0.571. The first-order valence-electron chi connectivity index (χ1n) is 6.58. The van der Waals surface area contributed by atoms with Crippen LogP contribution in [0.4, 0.5) is 0 Å². The average Bonchev–Trinajstić information content (AvgIpc) is 2.33. The minimum Gasteiger partial charge on any atom is -0.508 e. The maximum atomic E-state index is 9.83. The quantitative estimate of drug-likeness (QED) is 0.765. The fourth-order valence-corrected chi connectivity index (χ4v) is 2.71. The second-order valence-corrected chi connectivity index (χ2v) is 5.21. The van der Waals surface area contributed by atoms with Gasteiger partial charge in [0, 0.05) is 30.3 Å². The van der Waals surface area contributed by atoms with Crippen LogP contribution in [0, 0.1) is 0 Å². The molecule has 0 saturated carbocycles. The monoisotopic (exact) mass is 250 g/mol. The third-order valence-corrected chi connectivity index (χ3v) is 3.71. The van der Waals surface area contributed by atoms with Crippen molar-refractivity contribution in [1.82, 2.24) is 4.90 Å². The highest BCUT2D eigenvalue weighted by Crippen LogP contribution is 2.27. The van der Waals surface area contributed by atoms with Crippen molar-refractivity contribution in [2.75, 3.05) is 6.54 Å². The van der Waals surface area contributed by atoms with Crippen molar-refractivity contribution < 1.29 is 10.2 Å². The van der Waals surface area contributed by atoms with Crippen molar-refractivity contribution in [3.05, 3.63) is 23.8 Å². The predicted octanol–water partition coefficient (Wildman–Crippen LogP) is 1.80. The Morgan fingerprint density at radius 2 is 2.17 bits per heavy atom. The third-order valence-electron chi connectivity index (χ3n) is 3.71. The first-order chi connectivity index (χ1) is 8.58. The zero-order chi connectivity index (χ0) is 13.1. The lowest BCUT2D eigenvalue weighted by molar-refractivity contribution is 0.122. The van der Waals surface area contributed by atoms with Crippen LogP contribution < -0.4 is 5.73 Å². The van der Waals surface area contributed by atoms with Crippen molar-refractivity contribution in [3.8, 4) is 11.5 Å². The molecule has 2 rings (SSSR count). The second kappa shape index (κ2) is 5.59. The molecule has 2 atom stereocenters. The number of likely N-dealkylation sites (tertiary alicyclic amines) is 1. The minimum atomic E-state index is 0.0960. The van der Waals surface area contributed by atoms with Crippen LogP contribution in [0.5, 0.6) is 11.5 Å². The number of nitrogens with two attached hydrogens (primary N) is 1. The molecule has 1 aliphatic rings. The molecule has 0 aliphatic carbocycles. The van der Waals surface area contributed by atoms with E-state index in [2.05, 4.69) is 4.90 Å². The van der Waals surface area contributed by atoms with Crippen LogP contribution in [0.1, 0.15) is 31.7 Å². The van der Waals surface area contributed by atoms with Gasteiger partial charge >= 0.3 is 0 Å². The van der Waals surface area contributed by atoms with E-state index in [9.17, 15) is 10.2 Å². The van der Waals surface area contributed by atoms with Crippen molar-refractivity contribution in [1.29, 1.82) is 0 Å². The van der Waals surface area contributed by atoms with Gasteiger partial charge in [0.1, 0.15) is 11.5 Å². The summed E-state index contributed by atoms with van der Waals surface area (Å²) in [7, 11) is 0. The van der Waals surface area contributed by atoms with E-state index >= 15 is 0 Å². The smallest absolute Gasteiger partial charge is 0.123 e. The molecular formula is C14H22N2O2. The summed E-state index contributed by atoms with van der Waals surface area (Å²) in [5.74, 6) is 0.252. The van der Waals surface area contributed by atoms with Crippen LogP contribution in [0.15, 0.2) is 18.2 Å². The summed E-state index contributed by atoms with van der Waals surface area (Å²) in [5, 5.41) is 19.1. The van der Waals surface area contributed by atoms with Crippen LogP contribution in [0.25, 0.3) is 0 Å². The van der Waals surface area contributed by atoms with Gasteiger partial charge in [-0.1, -0.05) is 12.5 Å².